The Labute approximate surface area is 160 Å². The van der Waals surface area contributed by atoms with Crippen molar-refractivity contribution < 1.29 is 34.3 Å². The standard InChI is InChI=1S/C19H19ClO7/c1-2-25-11-4-6-12(7-5-11)26-14-9-10(3-8-13(14)20)18-16(22)15(21)17(23)19(24)27-18/h3-9,15-18,21-23H,2H2,1H3/t15-,16-,17+,18+/m1/s1. The Balaban J connectivity index is 1.83. The molecule has 1 heterocycles. The summed E-state index contributed by atoms with van der Waals surface area (Å²) >= 11 is 6.17. The zero-order valence-electron chi connectivity index (χ0n) is 14.4. The van der Waals surface area contributed by atoms with Gasteiger partial charge in [0, 0.05) is 0 Å². The maximum Gasteiger partial charge on any atom is 0.338 e. The maximum atomic E-state index is 11.6. The molecule has 0 spiro atoms. The predicted octanol–water partition coefficient (Wildman–Crippen LogP) is 2.21. The van der Waals surface area contributed by atoms with Crippen LogP contribution in [0.15, 0.2) is 42.5 Å². The van der Waals surface area contributed by atoms with Gasteiger partial charge in [-0.2, -0.15) is 0 Å². The monoisotopic (exact) mass is 394 g/mol. The van der Waals surface area contributed by atoms with Gasteiger partial charge < -0.3 is 29.5 Å². The molecular weight excluding hydrogens is 376 g/mol. The summed E-state index contributed by atoms with van der Waals surface area (Å²) in [6.45, 7) is 2.44. The molecule has 0 aromatic heterocycles. The second-order valence-electron chi connectivity index (χ2n) is 5.98. The van der Waals surface area contributed by atoms with Crippen LogP contribution in [0.1, 0.15) is 18.6 Å². The quantitative estimate of drug-likeness (QED) is 0.667. The van der Waals surface area contributed by atoms with E-state index in [0.717, 1.165) is 0 Å². The maximum absolute atomic E-state index is 11.6. The van der Waals surface area contributed by atoms with E-state index in [4.69, 9.17) is 25.8 Å². The zero-order valence-corrected chi connectivity index (χ0v) is 15.2. The molecule has 1 aliphatic rings. The molecule has 1 saturated heterocycles. The Morgan fingerprint density at radius 1 is 1.04 bits per heavy atom. The lowest BCUT2D eigenvalue weighted by Gasteiger charge is -2.34. The van der Waals surface area contributed by atoms with Crippen molar-refractivity contribution in [1.29, 1.82) is 0 Å². The lowest BCUT2D eigenvalue weighted by atomic mass is 9.94. The normalized spacial score (nSPS) is 25.0. The Bertz CT molecular complexity index is 808. The molecule has 4 atom stereocenters. The minimum atomic E-state index is -1.79. The van der Waals surface area contributed by atoms with Gasteiger partial charge in [-0.3, -0.25) is 0 Å². The zero-order chi connectivity index (χ0) is 19.6. The van der Waals surface area contributed by atoms with Crippen molar-refractivity contribution in [2.75, 3.05) is 6.61 Å². The fraction of sp³-hybridized carbons (Fsp3) is 0.316. The molecule has 0 bridgehead atoms. The van der Waals surface area contributed by atoms with Crippen LogP contribution in [0.4, 0.5) is 0 Å². The van der Waals surface area contributed by atoms with Gasteiger partial charge >= 0.3 is 5.97 Å². The third-order valence-corrected chi connectivity index (χ3v) is 4.43. The summed E-state index contributed by atoms with van der Waals surface area (Å²) in [5, 5.41) is 29.7. The number of aliphatic hydroxyl groups excluding tert-OH is 3. The minimum Gasteiger partial charge on any atom is -0.494 e. The number of esters is 1. The first-order chi connectivity index (χ1) is 12.9. The number of aliphatic hydroxyl groups is 3. The first kappa shape index (κ1) is 19.4. The number of hydrogen-bond donors (Lipinski definition) is 3. The van der Waals surface area contributed by atoms with E-state index in [0.29, 0.717) is 28.7 Å². The van der Waals surface area contributed by atoms with Crippen molar-refractivity contribution in [3.8, 4) is 17.2 Å². The average Bonchev–Trinajstić information content (AvgIpc) is 2.66. The molecule has 3 N–H and O–H groups in total. The Morgan fingerprint density at radius 2 is 1.70 bits per heavy atom. The van der Waals surface area contributed by atoms with Crippen molar-refractivity contribution in [2.24, 2.45) is 0 Å². The van der Waals surface area contributed by atoms with Crippen molar-refractivity contribution in [3.05, 3.63) is 53.1 Å². The first-order valence-electron chi connectivity index (χ1n) is 8.35. The van der Waals surface area contributed by atoms with Gasteiger partial charge in [0.25, 0.3) is 0 Å². The highest BCUT2D eigenvalue weighted by atomic mass is 35.5. The van der Waals surface area contributed by atoms with Crippen LogP contribution in [0.25, 0.3) is 0 Å². The summed E-state index contributed by atoms with van der Waals surface area (Å²) in [7, 11) is 0. The van der Waals surface area contributed by atoms with E-state index in [9.17, 15) is 20.1 Å². The molecule has 7 nitrogen and oxygen atoms in total. The topological polar surface area (TPSA) is 105 Å². The number of carbonyl (C=O) groups is 1. The Hall–Kier alpha value is -2.32. The second-order valence-corrected chi connectivity index (χ2v) is 6.39. The summed E-state index contributed by atoms with van der Waals surface area (Å²) in [5.74, 6) is 0.479. The molecule has 2 aromatic carbocycles. The molecule has 0 unspecified atom stereocenters. The SMILES string of the molecule is CCOc1ccc(Oc2cc([C@@H]3OC(=O)[C@@H](O)[C@H](O)[C@H]3O)ccc2Cl)cc1. The molecule has 0 amide bonds. The van der Waals surface area contributed by atoms with Gasteiger partial charge in [0.15, 0.2) is 12.2 Å². The van der Waals surface area contributed by atoms with Crippen LogP contribution >= 0.6 is 11.6 Å². The van der Waals surface area contributed by atoms with Gasteiger partial charge in [-0.25, -0.2) is 4.79 Å². The summed E-state index contributed by atoms with van der Waals surface area (Å²) < 4.78 is 16.2. The molecular formula is C19H19ClO7. The van der Waals surface area contributed by atoms with Gasteiger partial charge in [-0.05, 0) is 48.9 Å². The Morgan fingerprint density at radius 3 is 2.37 bits per heavy atom. The van der Waals surface area contributed by atoms with Crippen LogP contribution in [0.3, 0.4) is 0 Å². The van der Waals surface area contributed by atoms with Crippen LogP contribution in [-0.2, 0) is 9.53 Å². The minimum absolute atomic E-state index is 0.280. The van der Waals surface area contributed by atoms with Crippen LogP contribution in [-0.4, -0.2) is 46.2 Å². The van der Waals surface area contributed by atoms with E-state index in [1.54, 1.807) is 30.3 Å². The third kappa shape index (κ3) is 4.17. The molecule has 144 valence electrons. The second kappa shape index (κ2) is 8.14. The Kier molecular flexibility index (Phi) is 5.86. The number of ether oxygens (including phenoxy) is 3. The lowest BCUT2D eigenvalue weighted by Crippen LogP contribution is -2.51. The van der Waals surface area contributed by atoms with Crippen molar-refractivity contribution in [2.45, 2.75) is 31.3 Å². The van der Waals surface area contributed by atoms with Gasteiger partial charge in [-0.15, -0.1) is 0 Å². The number of hydrogen-bond acceptors (Lipinski definition) is 7. The van der Waals surface area contributed by atoms with Gasteiger partial charge in [0.05, 0.1) is 11.6 Å². The molecule has 0 aliphatic carbocycles. The molecule has 3 rings (SSSR count). The first-order valence-corrected chi connectivity index (χ1v) is 8.73. The highest BCUT2D eigenvalue weighted by Crippen LogP contribution is 2.36. The summed E-state index contributed by atoms with van der Waals surface area (Å²) in [4.78, 5) is 11.6. The summed E-state index contributed by atoms with van der Waals surface area (Å²) in [5.41, 5.74) is 0.368. The molecule has 8 heteroatoms. The number of cyclic esters (lactones) is 1. The van der Waals surface area contributed by atoms with Crippen LogP contribution < -0.4 is 9.47 Å². The van der Waals surface area contributed by atoms with Crippen molar-refractivity contribution >= 4 is 17.6 Å². The van der Waals surface area contributed by atoms with E-state index in [2.05, 4.69) is 0 Å². The van der Waals surface area contributed by atoms with E-state index >= 15 is 0 Å². The van der Waals surface area contributed by atoms with E-state index in [1.165, 1.54) is 12.1 Å². The third-order valence-electron chi connectivity index (χ3n) is 4.11. The number of halogens is 1. The van der Waals surface area contributed by atoms with Crippen LogP contribution in [0.5, 0.6) is 17.2 Å². The molecule has 0 radical (unpaired) electrons. The van der Waals surface area contributed by atoms with Gasteiger partial charge in [0.2, 0.25) is 0 Å². The molecule has 1 aliphatic heterocycles. The lowest BCUT2D eigenvalue weighted by molar-refractivity contribution is -0.203. The fourth-order valence-electron chi connectivity index (χ4n) is 2.71. The number of carbonyl (C=O) groups excluding carboxylic acids is 1. The summed E-state index contributed by atoms with van der Waals surface area (Å²) in [6.07, 6.45) is -6.08. The fourth-order valence-corrected chi connectivity index (χ4v) is 2.86. The van der Waals surface area contributed by atoms with Gasteiger partial charge in [0.1, 0.15) is 29.5 Å². The average molecular weight is 395 g/mol. The molecule has 27 heavy (non-hydrogen) atoms. The van der Waals surface area contributed by atoms with E-state index in [-0.39, 0.29) is 5.75 Å². The summed E-state index contributed by atoms with van der Waals surface area (Å²) in [6, 6.07) is 11.5. The van der Waals surface area contributed by atoms with Crippen LogP contribution in [0.2, 0.25) is 5.02 Å². The van der Waals surface area contributed by atoms with Gasteiger partial charge in [-0.1, -0.05) is 17.7 Å². The number of benzene rings is 2. The van der Waals surface area contributed by atoms with Crippen LogP contribution in [0, 0.1) is 0 Å². The largest absolute Gasteiger partial charge is 0.494 e. The smallest absolute Gasteiger partial charge is 0.338 e. The van der Waals surface area contributed by atoms with Crippen molar-refractivity contribution in [1.82, 2.24) is 0 Å². The van der Waals surface area contributed by atoms with E-state index in [1.807, 2.05) is 6.92 Å². The molecule has 2 aromatic rings. The molecule has 1 fully saturated rings. The number of rotatable bonds is 5. The predicted molar refractivity (Wildman–Crippen MR) is 96.0 cm³/mol. The van der Waals surface area contributed by atoms with E-state index < -0.39 is 30.4 Å². The highest BCUT2D eigenvalue weighted by Gasteiger charge is 2.44. The highest BCUT2D eigenvalue weighted by molar-refractivity contribution is 6.32. The molecule has 0 saturated carbocycles. The van der Waals surface area contributed by atoms with Crippen molar-refractivity contribution in [3.63, 3.8) is 0 Å².